The molecular formula is C52H67BF2N5O16S. The molecular weight excluding hydrogens is 1030 g/mol. The topological polar surface area (TPSA) is 275 Å². The molecule has 4 rings (SSSR count). The summed E-state index contributed by atoms with van der Waals surface area (Å²) in [6.45, 7) is 5.15. The highest BCUT2D eigenvalue weighted by Gasteiger charge is 2.31. The maximum absolute atomic E-state index is 15.9. The summed E-state index contributed by atoms with van der Waals surface area (Å²) in [5.41, 5.74) is 1.81. The van der Waals surface area contributed by atoms with E-state index in [1.54, 1.807) is 13.0 Å². The molecule has 0 saturated heterocycles. The normalized spacial score (nSPS) is 12.5. The summed E-state index contributed by atoms with van der Waals surface area (Å²) in [4.78, 5) is 101. The second kappa shape index (κ2) is 32.5. The number of ketones is 1. The molecule has 2 heterocycles. The number of nitrogens with one attached hydrogen (secondary N) is 3. The number of aldehydes is 1. The van der Waals surface area contributed by atoms with E-state index >= 15 is 8.78 Å². The summed E-state index contributed by atoms with van der Waals surface area (Å²) in [7, 11) is 4.10. The largest absolute Gasteiger partial charge is 0.493 e. The number of carboxylic acid groups (broad SMARTS) is 1. The number of esters is 1. The van der Waals surface area contributed by atoms with E-state index in [-0.39, 0.29) is 173 Å². The standard InChI is InChI=1S/C52H67BF2N5O16S/c1-6-9-33(7-2)22-46(67)60(31-62)30-53-58-35(29-61)10-12-43(64)56-17-21-73-20-16-44(65)57-26-32(3)76-48(70)15-11-38(63)42-24-36-41(77-42)25-40(72-5)52(49(36)54)75-19-8-18-74-51-39(71-4)23-34-27-59(28-37(34)50(51)55)45(66)13-14-47(68)69/h9-10,23-25,29,32,58,62H,6-8,11-22,26-28,30-31H2,1-5H3,(H,56,64)(H,57,65)(H,68,69)/b33-9?,35-10+/t32-/m0/s1. The molecule has 21 nitrogen and oxygen atoms in total. The van der Waals surface area contributed by atoms with Gasteiger partial charge in [0.15, 0.2) is 46.7 Å². The molecule has 0 saturated carbocycles. The number of nitrogens with zero attached hydrogens (tertiary/aromatic N) is 2. The van der Waals surface area contributed by atoms with Gasteiger partial charge in [-0.15, -0.1) is 11.3 Å². The van der Waals surface area contributed by atoms with Crippen molar-refractivity contribution in [2.45, 2.75) is 104 Å². The highest BCUT2D eigenvalue weighted by atomic mass is 32.1. The fourth-order valence-corrected chi connectivity index (χ4v) is 8.68. The van der Waals surface area contributed by atoms with Crippen molar-refractivity contribution in [2.75, 3.05) is 66.9 Å². The van der Waals surface area contributed by atoms with Crippen molar-refractivity contribution < 1.29 is 85.8 Å². The summed E-state index contributed by atoms with van der Waals surface area (Å²) in [6, 6.07) is 4.45. The quantitative estimate of drug-likeness (QED) is 0.00762. The second-order valence-electron chi connectivity index (χ2n) is 17.4. The van der Waals surface area contributed by atoms with E-state index in [2.05, 4.69) is 15.9 Å². The van der Waals surface area contributed by atoms with E-state index in [0.29, 0.717) is 16.5 Å². The van der Waals surface area contributed by atoms with Gasteiger partial charge in [-0.2, -0.15) is 0 Å². The van der Waals surface area contributed by atoms with E-state index in [9.17, 15) is 43.5 Å². The molecule has 4 amide bonds. The predicted molar refractivity (Wildman–Crippen MR) is 278 cm³/mol. The minimum Gasteiger partial charge on any atom is -0.493 e. The molecule has 419 valence electrons. The molecule has 0 fully saturated rings. The first kappa shape index (κ1) is 62.4. The molecule has 2 aromatic carbocycles. The Morgan fingerprint density at radius 2 is 1.58 bits per heavy atom. The van der Waals surface area contributed by atoms with Gasteiger partial charge in [0.1, 0.15) is 12.8 Å². The van der Waals surface area contributed by atoms with Crippen LogP contribution >= 0.6 is 11.3 Å². The van der Waals surface area contributed by atoms with E-state index in [1.807, 2.05) is 19.9 Å². The second-order valence-corrected chi connectivity index (χ2v) is 18.5. The fourth-order valence-electron chi connectivity index (χ4n) is 7.63. The molecule has 1 aliphatic rings. The Labute approximate surface area is 449 Å². The molecule has 0 aliphatic carbocycles. The number of fused-ring (bicyclic) bond motifs is 2. The zero-order valence-electron chi connectivity index (χ0n) is 43.9. The lowest BCUT2D eigenvalue weighted by Crippen LogP contribution is -2.39. The minimum absolute atomic E-state index is 0.00847. The van der Waals surface area contributed by atoms with Crippen LogP contribution in [0.2, 0.25) is 0 Å². The summed E-state index contributed by atoms with van der Waals surface area (Å²) in [5, 5.41) is 26.6. The maximum Gasteiger partial charge on any atom is 0.306 e. The van der Waals surface area contributed by atoms with Gasteiger partial charge in [0.2, 0.25) is 23.6 Å². The van der Waals surface area contributed by atoms with Gasteiger partial charge >= 0.3 is 11.9 Å². The number of halogens is 2. The number of Topliss-reactive ketones (excluding diaryl/α,β-unsaturated/α-hetero) is 1. The van der Waals surface area contributed by atoms with Crippen LogP contribution in [0.15, 0.2) is 41.6 Å². The monoisotopic (exact) mass is 1100 g/mol. The zero-order chi connectivity index (χ0) is 56.4. The van der Waals surface area contributed by atoms with Crippen LogP contribution in [0, 0.1) is 11.6 Å². The van der Waals surface area contributed by atoms with Gasteiger partial charge in [-0.1, -0.05) is 25.5 Å². The van der Waals surface area contributed by atoms with E-state index < -0.39 is 48.1 Å². The lowest BCUT2D eigenvalue weighted by molar-refractivity contribution is -0.148. The number of methoxy groups -OCH3 is 2. The number of aliphatic hydroxyl groups excluding tert-OH is 1. The number of benzene rings is 2. The number of rotatable bonds is 36. The van der Waals surface area contributed by atoms with Crippen molar-refractivity contribution in [3.05, 3.63) is 69.3 Å². The minimum atomic E-state index is -1.11. The Morgan fingerprint density at radius 3 is 2.25 bits per heavy atom. The molecule has 1 radical (unpaired) electrons. The van der Waals surface area contributed by atoms with E-state index in [1.165, 1.54) is 49.6 Å². The van der Waals surface area contributed by atoms with Crippen LogP contribution in [0.3, 0.4) is 0 Å². The molecule has 5 N–H and O–H groups in total. The van der Waals surface area contributed by atoms with E-state index in [0.717, 1.165) is 29.8 Å². The van der Waals surface area contributed by atoms with Gasteiger partial charge < -0.3 is 64.3 Å². The van der Waals surface area contributed by atoms with Crippen molar-refractivity contribution in [1.82, 2.24) is 25.7 Å². The summed E-state index contributed by atoms with van der Waals surface area (Å²) >= 11 is 1.01. The molecule has 77 heavy (non-hydrogen) atoms. The molecule has 1 aliphatic heterocycles. The average Bonchev–Trinajstić information content (AvgIpc) is 4.06. The highest BCUT2D eigenvalue weighted by Crippen LogP contribution is 2.41. The zero-order valence-corrected chi connectivity index (χ0v) is 44.7. The highest BCUT2D eigenvalue weighted by molar-refractivity contribution is 7.20. The molecule has 25 heteroatoms. The van der Waals surface area contributed by atoms with Crippen molar-refractivity contribution in [3.63, 3.8) is 0 Å². The molecule has 0 unspecified atom stereocenters. The van der Waals surface area contributed by atoms with Gasteiger partial charge in [-0.05, 0) is 43.5 Å². The molecule has 3 aromatic rings. The Kier molecular flexibility index (Phi) is 26.3. The smallest absolute Gasteiger partial charge is 0.306 e. The number of hydrogen-bond donors (Lipinski definition) is 5. The number of carbonyl (C=O) groups is 8. The molecule has 0 bridgehead atoms. The molecule has 1 aromatic heterocycles. The number of carboxylic acids is 1. The lowest BCUT2D eigenvalue weighted by atomic mass is 9.92. The number of aliphatic hydroxyl groups is 1. The van der Waals surface area contributed by atoms with Crippen molar-refractivity contribution >= 4 is 76.5 Å². The van der Waals surface area contributed by atoms with Crippen molar-refractivity contribution in [2.24, 2.45) is 0 Å². The number of aliphatic carboxylic acids is 1. The van der Waals surface area contributed by atoms with Crippen LogP contribution in [0.1, 0.15) is 106 Å². The van der Waals surface area contributed by atoms with Gasteiger partial charge in [0.25, 0.3) is 7.41 Å². The summed E-state index contributed by atoms with van der Waals surface area (Å²) < 4.78 is 64.9. The number of thiophene rings is 1. The first-order valence-corrected chi connectivity index (χ1v) is 25.9. The van der Waals surface area contributed by atoms with Crippen LogP contribution < -0.4 is 34.8 Å². The first-order chi connectivity index (χ1) is 37.0. The third kappa shape index (κ3) is 19.8. The lowest BCUT2D eigenvalue weighted by Gasteiger charge is -2.20. The number of carbonyl (C=O) groups excluding carboxylic acids is 7. The third-order valence-electron chi connectivity index (χ3n) is 11.8. The Balaban J connectivity index is 1.11. The van der Waals surface area contributed by atoms with Crippen LogP contribution in [0.5, 0.6) is 23.0 Å². The Hall–Kier alpha value is -7.12. The van der Waals surface area contributed by atoms with E-state index in [4.69, 9.17) is 33.5 Å². The fraction of sp³-hybridized carbons (Fsp3) is 0.500. The number of allylic oxidation sites excluding steroid dienone is 2. The SMILES string of the molecule is CCC=C(CC)CC(=O)N(CO)C[B]N/C(C=O)=C/CC(=O)NCCOCCC(=O)NC[C@H](C)OC(=O)CCC(=O)c1cc2c(F)c(OCCCOc3c(OC)cc4c(c3F)CN(C(=O)CCC(=O)O)C4)c(OC)cc2s1. The number of amides is 4. The van der Waals surface area contributed by atoms with Crippen molar-refractivity contribution in [3.8, 4) is 23.0 Å². The van der Waals surface area contributed by atoms with Crippen molar-refractivity contribution in [1.29, 1.82) is 0 Å². The van der Waals surface area contributed by atoms with Crippen LogP contribution in [-0.2, 0) is 56.1 Å². The van der Waals surface area contributed by atoms with Gasteiger partial charge in [0, 0.05) is 86.3 Å². The van der Waals surface area contributed by atoms with Gasteiger partial charge in [0.05, 0.1) is 70.6 Å². The maximum atomic E-state index is 15.9. The van der Waals surface area contributed by atoms with Crippen LogP contribution in [0.4, 0.5) is 8.78 Å². The summed E-state index contributed by atoms with van der Waals surface area (Å²) in [6.07, 6.45) is 3.83. The van der Waals surface area contributed by atoms with Gasteiger partial charge in [-0.3, -0.25) is 38.4 Å². The Morgan fingerprint density at radius 1 is 0.870 bits per heavy atom. The number of hydrogen-bond acceptors (Lipinski definition) is 17. The molecule has 0 spiro atoms. The predicted octanol–water partition coefficient (Wildman–Crippen LogP) is 4.84. The summed E-state index contributed by atoms with van der Waals surface area (Å²) in [5.74, 6) is -5.41. The average molecular weight is 1100 g/mol. The third-order valence-corrected chi connectivity index (χ3v) is 12.9. The first-order valence-electron chi connectivity index (χ1n) is 25.0. The molecule has 1 atom stereocenters. The van der Waals surface area contributed by atoms with Gasteiger partial charge in [-0.25, -0.2) is 8.78 Å². The van der Waals surface area contributed by atoms with Crippen LogP contribution in [0.25, 0.3) is 10.1 Å². The number of ether oxygens (including phenoxy) is 6. The van der Waals surface area contributed by atoms with Crippen LogP contribution in [-0.4, -0.2) is 148 Å². The Bertz CT molecular complexity index is 2630.